The van der Waals surface area contributed by atoms with Gasteiger partial charge in [0.2, 0.25) is 6.29 Å². The summed E-state index contributed by atoms with van der Waals surface area (Å²) in [5, 5.41) is 0.123. The summed E-state index contributed by atoms with van der Waals surface area (Å²) in [7, 11) is -1.92. The number of hydrogen-bond donors (Lipinski definition) is 0. The maximum atomic E-state index is 11.3. The average molecular weight is 302 g/mol. The van der Waals surface area contributed by atoms with Gasteiger partial charge in [0.1, 0.15) is 6.10 Å². The number of carbonyl (C=O) groups is 1. The van der Waals surface area contributed by atoms with Gasteiger partial charge in [0.25, 0.3) is 0 Å². The van der Waals surface area contributed by atoms with Crippen LogP contribution in [0.4, 0.5) is 0 Å². The molecule has 1 aliphatic heterocycles. The summed E-state index contributed by atoms with van der Waals surface area (Å²) in [6.07, 6.45) is 0.261. The van der Waals surface area contributed by atoms with Crippen molar-refractivity contribution >= 4 is 14.3 Å². The van der Waals surface area contributed by atoms with Gasteiger partial charge in [-0.05, 0) is 24.6 Å². The number of carbonyl (C=O) groups excluding carboxylic acids is 1. The monoisotopic (exact) mass is 302 g/mol. The van der Waals surface area contributed by atoms with Gasteiger partial charge in [0.05, 0.1) is 6.10 Å². The largest absolute Gasteiger partial charge is 0.433 e. The lowest BCUT2D eigenvalue weighted by Gasteiger charge is -2.40. The van der Waals surface area contributed by atoms with Gasteiger partial charge in [-0.3, -0.25) is 4.79 Å². The minimum Gasteiger partial charge on any atom is -0.433 e. The first-order valence-corrected chi connectivity index (χ1v) is 10.4. The summed E-state index contributed by atoms with van der Waals surface area (Å²) >= 11 is 0. The third kappa shape index (κ3) is 3.83. The van der Waals surface area contributed by atoms with Crippen molar-refractivity contribution < 1.29 is 18.7 Å². The van der Waals surface area contributed by atoms with Crippen LogP contribution in [0.25, 0.3) is 0 Å². The molecule has 1 unspecified atom stereocenters. The molecule has 1 heterocycles. The van der Waals surface area contributed by atoms with Crippen LogP contribution in [0.3, 0.4) is 0 Å². The van der Waals surface area contributed by atoms with Gasteiger partial charge in [-0.15, -0.1) is 0 Å². The normalized spacial score (nSPS) is 31.4. The van der Waals surface area contributed by atoms with Crippen LogP contribution in [0.1, 0.15) is 48.0 Å². The Morgan fingerprint density at radius 1 is 1.30 bits per heavy atom. The second-order valence-electron chi connectivity index (χ2n) is 7.26. The van der Waals surface area contributed by atoms with Crippen LogP contribution < -0.4 is 0 Å². The van der Waals surface area contributed by atoms with E-state index in [1.807, 2.05) is 0 Å². The molecule has 20 heavy (non-hydrogen) atoms. The lowest BCUT2D eigenvalue weighted by atomic mass is 9.99. The van der Waals surface area contributed by atoms with E-state index >= 15 is 0 Å². The molecule has 0 N–H and O–H groups in total. The Morgan fingerprint density at radius 2 is 1.85 bits per heavy atom. The van der Waals surface area contributed by atoms with Crippen LogP contribution >= 0.6 is 0 Å². The van der Waals surface area contributed by atoms with E-state index in [0.717, 1.165) is 6.42 Å². The standard InChI is InChI=1S/C15H30O4Si/c1-9-12-10(2)13(14(18-12)17-11(3)16)19-20(7,8)15(4,5)6/h10,12-14H,9H2,1-8H3/t10-,12-,13-,14?/m0/s1. The van der Waals surface area contributed by atoms with Gasteiger partial charge in [-0.1, -0.05) is 34.6 Å². The molecule has 0 aromatic heterocycles. The summed E-state index contributed by atoms with van der Waals surface area (Å²) in [4.78, 5) is 11.3. The van der Waals surface area contributed by atoms with E-state index in [1.165, 1.54) is 6.92 Å². The van der Waals surface area contributed by atoms with Crippen LogP contribution in [0, 0.1) is 5.92 Å². The number of esters is 1. The number of rotatable bonds is 4. The first-order chi connectivity index (χ1) is 8.99. The fourth-order valence-corrected chi connectivity index (χ4v) is 3.60. The zero-order valence-electron chi connectivity index (χ0n) is 14.1. The van der Waals surface area contributed by atoms with Gasteiger partial charge < -0.3 is 13.9 Å². The van der Waals surface area contributed by atoms with E-state index in [1.54, 1.807) is 0 Å². The molecule has 4 atom stereocenters. The highest BCUT2D eigenvalue weighted by atomic mass is 28.4. The van der Waals surface area contributed by atoms with Gasteiger partial charge in [-0.25, -0.2) is 0 Å². The third-order valence-electron chi connectivity index (χ3n) is 4.60. The molecule has 0 amide bonds. The lowest BCUT2D eigenvalue weighted by Crippen LogP contribution is -2.48. The molecule has 0 aromatic carbocycles. The first-order valence-electron chi connectivity index (χ1n) is 7.50. The Morgan fingerprint density at radius 3 is 2.25 bits per heavy atom. The average Bonchev–Trinajstić information content (AvgIpc) is 2.54. The zero-order valence-corrected chi connectivity index (χ0v) is 15.1. The van der Waals surface area contributed by atoms with Crippen molar-refractivity contribution in [3.63, 3.8) is 0 Å². The smallest absolute Gasteiger partial charge is 0.305 e. The van der Waals surface area contributed by atoms with Crippen LogP contribution in [0.15, 0.2) is 0 Å². The van der Waals surface area contributed by atoms with E-state index in [9.17, 15) is 4.79 Å². The van der Waals surface area contributed by atoms with E-state index in [4.69, 9.17) is 13.9 Å². The summed E-state index contributed by atoms with van der Waals surface area (Å²) in [6, 6.07) is 0. The van der Waals surface area contributed by atoms with E-state index in [0.29, 0.717) is 0 Å². The van der Waals surface area contributed by atoms with Crippen LogP contribution in [-0.2, 0) is 18.7 Å². The fraction of sp³-hybridized carbons (Fsp3) is 0.933. The second kappa shape index (κ2) is 6.16. The fourth-order valence-electron chi connectivity index (χ4n) is 2.24. The molecule has 5 heteroatoms. The molecule has 1 aliphatic rings. The van der Waals surface area contributed by atoms with Crippen molar-refractivity contribution in [3.05, 3.63) is 0 Å². The van der Waals surface area contributed by atoms with E-state index in [-0.39, 0.29) is 29.1 Å². The Hall–Kier alpha value is -0.393. The Balaban J connectivity index is 2.90. The van der Waals surface area contributed by atoms with Crippen molar-refractivity contribution in [2.45, 2.75) is 84.6 Å². The molecule has 0 bridgehead atoms. The molecule has 0 aliphatic carbocycles. The molecular weight excluding hydrogens is 272 g/mol. The third-order valence-corrected chi connectivity index (χ3v) is 9.08. The molecule has 0 spiro atoms. The maximum absolute atomic E-state index is 11.3. The molecule has 0 radical (unpaired) electrons. The quantitative estimate of drug-likeness (QED) is 0.586. The molecule has 0 saturated carbocycles. The van der Waals surface area contributed by atoms with Gasteiger partial charge in [0.15, 0.2) is 8.32 Å². The summed E-state index contributed by atoms with van der Waals surface area (Å²) in [5.41, 5.74) is 0. The Labute approximate surface area is 124 Å². The summed E-state index contributed by atoms with van der Waals surface area (Å²) in [5.74, 6) is -0.0822. The highest BCUT2D eigenvalue weighted by Gasteiger charge is 2.49. The van der Waals surface area contributed by atoms with Crippen LogP contribution in [-0.4, -0.2) is 32.8 Å². The topological polar surface area (TPSA) is 44.8 Å². The van der Waals surface area contributed by atoms with E-state index in [2.05, 4.69) is 47.7 Å². The van der Waals surface area contributed by atoms with Crippen LogP contribution in [0.5, 0.6) is 0 Å². The molecule has 0 aromatic rings. The highest BCUT2D eigenvalue weighted by Crippen LogP contribution is 2.41. The minimum absolute atomic E-state index is 0.0918. The summed E-state index contributed by atoms with van der Waals surface area (Å²) < 4.78 is 17.6. The molecular formula is C15H30O4Si. The van der Waals surface area contributed by atoms with E-state index < -0.39 is 14.6 Å². The zero-order chi connectivity index (χ0) is 15.7. The molecule has 4 nitrogen and oxygen atoms in total. The highest BCUT2D eigenvalue weighted by molar-refractivity contribution is 6.74. The van der Waals surface area contributed by atoms with Crippen molar-refractivity contribution in [1.29, 1.82) is 0 Å². The predicted octanol–water partition coefficient (Wildman–Crippen LogP) is 3.71. The maximum Gasteiger partial charge on any atom is 0.305 e. The van der Waals surface area contributed by atoms with Crippen molar-refractivity contribution in [3.8, 4) is 0 Å². The second-order valence-corrected chi connectivity index (χ2v) is 12.0. The van der Waals surface area contributed by atoms with Gasteiger partial charge >= 0.3 is 5.97 Å². The SMILES string of the molecule is CC[C@@H]1OC(OC(C)=O)[C@@H](O[Si](C)(C)C(C)(C)C)[C@H]1C. The van der Waals surface area contributed by atoms with Gasteiger partial charge in [0, 0.05) is 12.8 Å². The summed E-state index contributed by atoms with van der Waals surface area (Å²) in [6.45, 7) is 16.7. The number of hydrogen-bond acceptors (Lipinski definition) is 4. The van der Waals surface area contributed by atoms with Crippen molar-refractivity contribution in [2.24, 2.45) is 5.92 Å². The number of ether oxygens (including phenoxy) is 2. The van der Waals surface area contributed by atoms with Crippen molar-refractivity contribution in [1.82, 2.24) is 0 Å². The molecule has 1 rings (SSSR count). The first kappa shape index (κ1) is 17.7. The molecule has 1 saturated heterocycles. The minimum atomic E-state index is -1.92. The van der Waals surface area contributed by atoms with Crippen LogP contribution in [0.2, 0.25) is 18.1 Å². The Bertz CT molecular complexity index is 348. The molecule has 1 fully saturated rings. The lowest BCUT2D eigenvalue weighted by molar-refractivity contribution is -0.184. The van der Waals surface area contributed by atoms with Gasteiger partial charge in [-0.2, -0.15) is 0 Å². The Kier molecular flexibility index (Phi) is 5.44. The van der Waals surface area contributed by atoms with Crippen molar-refractivity contribution in [2.75, 3.05) is 0 Å². The predicted molar refractivity (Wildman–Crippen MR) is 82.0 cm³/mol. The molecule has 118 valence electrons.